The number of fused-ring (bicyclic) bond motifs is 1. The van der Waals surface area contributed by atoms with Crippen LogP contribution in [0.25, 0.3) is 5.69 Å². The second-order valence-corrected chi connectivity index (χ2v) is 6.73. The maximum Gasteiger partial charge on any atom is 0.240 e. The van der Waals surface area contributed by atoms with Gasteiger partial charge in [-0.1, -0.05) is 19.1 Å². The third-order valence-corrected chi connectivity index (χ3v) is 5.04. The maximum atomic E-state index is 11.5. The predicted octanol–water partition coefficient (Wildman–Crippen LogP) is 3.00. The molecular formula is C19H22N4O. The highest BCUT2D eigenvalue weighted by molar-refractivity contribution is 6.03. The molecule has 2 aromatic rings. The van der Waals surface area contributed by atoms with Gasteiger partial charge in [0, 0.05) is 23.7 Å². The van der Waals surface area contributed by atoms with Crippen LogP contribution in [0.1, 0.15) is 49.6 Å². The number of imidazole rings is 1. The van der Waals surface area contributed by atoms with Crippen LogP contribution in [0.5, 0.6) is 0 Å². The lowest BCUT2D eigenvalue weighted by Crippen LogP contribution is -2.16. The van der Waals surface area contributed by atoms with E-state index in [0.29, 0.717) is 6.42 Å². The third-order valence-electron chi connectivity index (χ3n) is 5.04. The van der Waals surface area contributed by atoms with Gasteiger partial charge in [0.2, 0.25) is 5.91 Å². The van der Waals surface area contributed by atoms with Gasteiger partial charge in [-0.2, -0.15) is 5.10 Å². The van der Waals surface area contributed by atoms with E-state index in [-0.39, 0.29) is 11.8 Å². The van der Waals surface area contributed by atoms with E-state index in [1.807, 2.05) is 6.33 Å². The van der Waals surface area contributed by atoms with Gasteiger partial charge in [0.1, 0.15) is 0 Å². The van der Waals surface area contributed by atoms with Crippen molar-refractivity contribution in [1.29, 1.82) is 0 Å². The van der Waals surface area contributed by atoms with Crippen molar-refractivity contribution in [3.8, 4) is 5.69 Å². The zero-order valence-electron chi connectivity index (χ0n) is 14.0. The van der Waals surface area contributed by atoms with Crippen molar-refractivity contribution >= 4 is 11.6 Å². The summed E-state index contributed by atoms with van der Waals surface area (Å²) in [6.07, 6.45) is 7.99. The molecule has 124 valence electrons. The van der Waals surface area contributed by atoms with Crippen molar-refractivity contribution in [2.24, 2.45) is 11.0 Å². The molecule has 0 unspecified atom stereocenters. The van der Waals surface area contributed by atoms with E-state index in [0.717, 1.165) is 36.2 Å². The number of benzene rings is 1. The van der Waals surface area contributed by atoms with Crippen molar-refractivity contribution in [2.45, 2.75) is 45.4 Å². The number of nitrogens with zero attached hydrogens (tertiary/aromatic N) is 3. The summed E-state index contributed by atoms with van der Waals surface area (Å²) >= 11 is 0. The molecule has 1 aliphatic carbocycles. The van der Waals surface area contributed by atoms with E-state index in [4.69, 9.17) is 0 Å². The average Bonchev–Trinajstić information content (AvgIpc) is 2.97. The molecular weight excluding hydrogens is 300 g/mol. The highest BCUT2D eigenvalue weighted by Crippen LogP contribution is 2.24. The Morgan fingerprint density at radius 3 is 2.75 bits per heavy atom. The molecule has 0 saturated carbocycles. The molecule has 5 nitrogen and oxygen atoms in total. The normalized spacial score (nSPS) is 20.8. The van der Waals surface area contributed by atoms with E-state index in [2.05, 4.69) is 51.3 Å². The Bertz CT molecular complexity index is 788. The molecule has 1 amide bonds. The average molecular weight is 322 g/mol. The number of rotatable bonds is 2. The zero-order valence-corrected chi connectivity index (χ0v) is 14.0. The number of hydrazone groups is 1. The van der Waals surface area contributed by atoms with Crippen LogP contribution in [0.15, 0.2) is 35.7 Å². The van der Waals surface area contributed by atoms with Crippen LogP contribution in [-0.4, -0.2) is 21.2 Å². The van der Waals surface area contributed by atoms with Crippen molar-refractivity contribution < 1.29 is 4.79 Å². The molecule has 2 aliphatic rings. The molecule has 0 radical (unpaired) electrons. The topological polar surface area (TPSA) is 59.3 Å². The number of nitrogens with one attached hydrogen (secondary N) is 1. The molecule has 5 heteroatoms. The Hall–Kier alpha value is -2.43. The summed E-state index contributed by atoms with van der Waals surface area (Å²) in [5.74, 6) is 0.273. The number of hydrogen-bond acceptors (Lipinski definition) is 3. The molecule has 0 bridgehead atoms. The largest absolute Gasteiger partial charge is 0.303 e. The molecule has 4 rings (SSSR count). The molecule has 1 aromatic carbocycles. The molecule has 0 fully saturated rings. The van der Waals surface area contributed by atoms with E-state index in [1.165, 1.54) is 24.2 Å². The molecule has 1 aromatic heterocycles. The second-order valence-electron chi connectivity index (χ2n) is 6.73. The maximum absolute atomic E-state index is 11.5. The number of amides is 1. The lowest BCUT2D eigenvalue weighted by atomic mass is 9.94. The fraction of sp³-hybridized carbons (Fsp3) is 0.421. The van der Waals surface area contributed by atoms with Crippen LogP contribution in [0, 0.1) is 5.92 Å². The summed E-state index contributed by atoms with van der Waals surface area (Å²) in [4.78, 5) is 16.1. The fourth-order valence-electron chi connectivity index (χ4n) is 3.61. The van der Waals surface area contributed by atoms with Gasteiger partial charge in [-0.25, -0.2) is 10.4 Å². The quantitative estimate of drug-likeness (QED) is 0.924. The summed E-state index contributed by atoms with van der Waals surface area (Å²) in [6, 6.07) is 8.43. The van der Waals surface area contributed by atoms with Crippen LogP contribution in [-0.2, 0) is 17.6 Å². The van der Waals surface area contributed by atoms with Gasteiger partial charge < -0.3 is 4.57 Å². The standard InChI is InChI=1S/C19H22N4O/c1-13-6-11-18(24)21-22-19(13)14-7-9-15(10-8-14)23-12-20-16-4-2-3-5-17(16)23/h7-10,12-13H,2-6,11H2,1H3,(H,21,24)/t13-/m0/s1. The minimum atomic E-state index is -0.00138. The van der Waals surface area contributed by atoms with E-state index >= 15 is 0 Å². The van der Waals surface area contributed by atoms with Gasteiger partial charge in [-0.3, -0.25) is 4.79 Å². The summed E-state index contributed by atoms with van der Waals surface area (Å²) in [7, 11) is 0. The fourth-order valence-corrected chi connectivity index (χ4v) is 3.61. The number of carbonyl (C=O) groups excluding carboxylic acids is 1. The van der Waals surface area contributed by atoms with Crippen LogP contribution in [0.3, 0.4) is 0 Å². The highest BCUT2D eigenvalue weighted by Gasteiger charge is 2.20. The Labute approximate surface area is 141 Å². The van der Waals surface area contributed by atoms with E-state index in [1.54, 1.807) is 0 Å². The van der Waals surface area contributed by atoms with Gasteiger partial charge in [0.15, 0.2) is 0 Å². The SMILES string of the molecule is C[C@H]1CCC(=O)NN=C1c1ccc(-n2cnc3c2CCCC3)cc1. The summed E-state index contributed by atoms with van der Waals surface area (Å²) < 4.78 is 2.21. The monoisotopic (exact) mass is 322 g/mol. The van der Waals surface area contributed by atoms with Crippen molar-refractivity contribution in [1.82, 2.24) is 15.0 Å². The van der Waals surface area contributed by atoms with Crippen LogP contribution in [0.2, 0.25) is 0 Å². The minimum Gasteiger partial charge on any atom is -0.303 e. The van der Waals surface area contributed by atoms with Crippen molar-refractivity contribution in [3.63, 3.8) is 0 Å². The van der Waals surface area contributed by atoms with Crippen LogP contribution >= 0.6 is 0 Å². The van der Waals surface area contributed by atoms with Crippen molar-refractivity contribution in [3.05, 3.63) is 47.5 Å². The second kappa shape index (κ2) is 6.23. The van der Waals surface area contributed by atoms with Crippen molar-refractivity contribution in [2.75, 3.05) is 0 Å². The smallest absolute Gasteiger partial charge is 0.240 e. The Morgan fingerprint density at radius 2 is 1.92 bits per heavy atom. The Morgan fingerprint density at radius 1 is 1.12 bits per heavy atom. The first-order valence-electron chi connectivity index (χ1n) is 8.74. The summed E-state index contributed by atoms with van der Waals surface area (Å²) in [5, 5.41) is 4.32. The first kappa shape index (κ1) is 15.1. The number of aryl methyl sites for hydroxylation is 1. The first-order chi connectivity index (χ1) is 11.7. The van der Waals surface area contributed by atoms with E-state index < -0.39 is 0 Å². The van der Waals surface area contributed by atoms with Gasteiger partial charge in [-0.05, 0) is 49.8 Å². The molecule has 1 aliphatic heterocycles. The molecule has 1 atom stereocenters. The van der Waals surface area contributed by atoms with Gasteiger partial charge >= 0.3 is 0 Å². The Kier molecular flexibility index (Phi) is 3.92. The number of aromatic nitrogens is 2. The summed E-state index contributed by atoms with van der Waals surface area (Å²) in [5.41, 5.74) is 8.40. The molecule has 1 N–H and O–H groups in total. The number of hydrogen-bond donors (Lipinski definition) is 1. The predicted molar refractivity (Wildman–Crippen MR) is 93.3 cm³/mol. The molecule has 0 saturated heterocycles. The van der Waals surface area contributed by atoms with Crippen LogP contribution < -0.4 is 5.43 Å². The molecule has 0 spiro atoms. The lowest BCUT2D eigenvalue weighted by Gasteiger charge is -2.15. The zero-order chi connectivity index (χ0) is 16.5. The van der Waals surface area contributed by atoms with Crippen LogP contribution in [0.4, 0.5) is 0 Å². The van der Waals surface area contributed by atoms with Gasteiger partial charge in [-0.15, -0.1) is 0 Å². The first-order valence-corrected chi connectivity index (χ1v) is 8.74. The van der Waals surface area contributed by atoms with Gasteiger partial charge in [0.25, 0.3) is 0 Å². The summed E-state index contributed by atoms with van der Waals surface area (Å²) in [6.45, 7) is 2.12. The highest BCUT2D eigenvalue weighted by atomic mass is 16.2. The Balaban J connectivity index is 1.63. The molecule has 24 heavy (non-hydrogen) atoms. The third kappa shape index (κ3) is 2.75. The van der Waals surface area contributed by atoms with E-state index in [9.17, 15) is 4.79 Å². The van der Waals surface area contributed by atoms with Gasteiger partial charge in [0.05, 0.1) is 17.7 Å². The molecule has 2 heterocycles. The lowest BCUT2D eigenvalue weighted by molar-refractivity contribution is -0.121. The minimum absolute atomic E-state index is 0.00138. The number of carbonyl (C=O) groups is 1.